The van der Waals surface area contributed by atoms with Gasteiger partial charge in [0.2, 0.25) is 0 Å². The SMILES string of the molecule is N#Cc1ccc2c(c1)C1(c3ccccc3-c3ccccc31)c1cc(-c3cccc(-c4cc(-c5ccccc5)nc(-c5ccccc5)n4)c3)ccc1-2. The van der Waals surface area contributed by atoms with Gasteiger partial charge in [0.25, 0.3) is 0 Å². The molecule has 1 aromatic heterocycles. The average molecular weight is 648 g/mol. The van der Waals surface area contributed by atoms with Crippen LogP contribution < -0.4 is 0 Å². The quantitative estimate of drug-likeness (QED) is 0.191. The fraction of sp³-hybridized carbons (Fsp3) is 0.0208. The van der Waals surface area contributed by atoms with Crippen molar-refractivity contribution in [2.75, 3.05) is 0 Å². The van der Waals surface area contributed by atoms with Gasteiger partial charge in [-0.25, -0.2) is 9.97 Å². The Kier molecular flexibility index (Phi) is 6.46. The lowest BCUT2D eigenvalue weighted by Crippen LogP contribution is -2.26. The smallest absolute Gasteiger partial charge is 0.160 e. The van der Waals surface area contributed by atoms with Gasteiger partial charge in [-0.3, -0.25) is 0 Å². The molecule has 0 bridgehead atoms. The molecule has 0 saturated carbocycles. The lowest BCUT2D eigenvalue weighted by Gasteiger charge is -2.30. The maximum Gasteiger partial charge on any atom is 0.160 e. The van der Waals surface area contributed by atoms with Crippen LogP contribution in [0.5, 0.6) is 0 Å². The van der Waals surface area contributed by atoms with Crippen molar-refractivity contribution in [2.45, 2.75) is 5.41 Å². The van der Waals surface area contributed by atoms with E-state index >= 15 is 0 Å². The van der Waals surface area contributed by atoms with Gasteiger partial charge in [-0.15, -0.1) is 0 Å². The first-order valence-electron chi connectivity index (χ1n) is 17.2. The zero-order valence-corrected chi connectivity index (χ0v) is 27.6. The fourth-order valence-electron chi connectivity index (χ4n) is 8.31. The first-order valence-corrected chi connectivity index (χ1v) is 17.2. The van der Waals surface area contributed by atoms with Gasteiger partial charge in [-0.05, 0) is 86.0 Å². The molecule has 0 atom stereocenters. The van der Waals surface area contributed by atoms with E-state index in [0.29, 0.717) is 11.4 Å². The van der Waals surface area contributed by atoms with Crippen molar-refractivity contribution >= 4 is 0 Å². The minimum Gasteiger partial charge on any atom is -0.228 e. The summed E-state index contributed by atoms with van der Waals surface area (Å²) in [5.41, 5.74) is 17.0. The van der Waals surface area contributed by atoms with Crippen LogP contribution in [0.2, 0.25) is 0 Å². The third-order valence-corrected chi connectivity index (χ3v) is 10.5. The summed E-state index contributed by atoms with van der Waals surface area (Å²) in [4.78, 5) is 10.1. The lowest BCUT2D eigenvalue weighted by molar-refractivity contribution is 0.793. The lowest BCUT2D eigenvalue weighted by atomic mass is 9.70. The van der Waals surface area contributed by atoms with E-state index in [1.54, 1.807) is 0 Å². The molecule has 1 heterocycles. The highest BCUT2D eigenvalue weighted by molar-refractivity contribution is 5.96. The average Bonchev–Trinajstić information content (AvgIpc) is 3.68. The van der Waals surface area contributed by atoms with Crippen molar-refractivity contribution in [2.24, 2.45) is 0 Å². The van der Waals surface area contributed by atoms with E-state index in [1.165, 1.54) is 44.5 Å². The number of fused-ring (bicyclic) bond motifs is 10. The van der Waals surface area contributed by atoms with Gasteiger partial charge in [-0.2, -0.15) is 5.26 Å². The van der Waals surface area contributed by atoms with Gasteiger partial charge >= 0.3 is 0 Å². The van der Waals surface area contributed by atoms with E-state index in [1.807, 2.05) is 42.5 Å². The molecule has 0 fully saturated rings. The summed E-state index contributed by atoms with van der Waals surface area (Å²) in [6.45, 7) is 0. The minimum atomic E-state index is -0.528. The topological polar surface area (TPSA) is 49.6 Å². The molecule has 10 rings (SSSR count). The van der Waals surface area contributed by atoms with Crippen LogP contribution in [-0.4, -0.2) is 9.97 Å². The Labute approximate surface area is 296 Å². The molecule has 2 aliphatic carbocycles. The molecule has 236 valence electrons. The second-order valence-corrected chi connectivity index (χ2v) is 13.2. The Hall–Kier alpha value is -6.89. The van der Waals surface area contributed by atoms with Crippen LogP contribution >= 0.6 is 0 Å². The van der Waals surface area contributed by atoms with Crippen molar-refractivity contribution in [3.05, 3.63) is 204 Å². The Bertz CT molecular complexity index is 2600. The molecule has 1 spiro atoms. The van der Waals surface area contributed by atoms with Crippen molar-refractivity contribution in [1.29, 1.82) is 5.26 Å². The van der Waals surface area contributed by atoms with Crippen molar-refractivity contribution < 1.29 is 0 Å². The van der Waals surface area contributed by atoms with Crippen LogP contribution in [0, 0.1) is 11.3 Å². The highest BCUT2D eigenvalue weighted by atomic mass is 14.9. The first kappa shape index (κ1) is 29.1. The van der Waals surface area contributed by atoms with Crippen LogP contribution in [0.4, 0.5) is 0 Å². The summed E-state index contributed by atoms with van der Waals surface area (Å²) < 4.78 is 0. The normalized spacial score (nSPS) is 12.8. The summed E-state index contributed by atoms with van der Waals surface area (Å²) in [6, 6.07) is 64.3. The highest BCUT2D eigenvalue weighted by Crippen LogP contribution is 2.63. The maximum atomic E-state index is 10.0. The number of aromatic nitrogens is 2. The van der Waals surface area contributed by atoms with Crippen LogP contribution in [0.15, 0.2) is 176 Å². The molecule has 0 saturated heterocycles. The summed E-state index contributed by atoms with van der Waals surface area (Å²) in [5.74, 6) is 0.699. The van der Waals surface area contributed by atoms with Crippen LogP contribution in [0.3, 0.4) is 0 Å². The van der Waals surface area contributed by atoms with E-state index in [9.17, 15) is 5.26 Å². The zero-order chi connectivity index (χ0) is 33.9. The second kappa shape index (κ2) is 11.3. The second-order valence-electron chi connectivity index (χ2n) is 13.2. The molecule has 3 nitrogen and oxygen atoms in total. The van der Waals surface area contributed by atoms with E-state index in [-0.39, 0.29) is 0 Å². The zero-order valence-electron chi connectivity index (χ0n) is 27.6. The third kappa shape index (κ3) is 4.37. The number of nitriles is 1. The molecular weight excluding hydrogens is 619 g/mol. The molecule has 0 radical (unpaired) electrons. The van der Waals surface area contributed by atoms with Gasteiger partial charge in [0.1, 0.15) is 0 Å². The number of hydrogen-bond acceptors (Lipinski definition) is 3. The van der Waals surface area contributed by atoms with Gasteiger partial charge < -0.3 is 0 Å². The van der Waals surface area contributed by atoms with Gasteiger partial charge in [0.05, 0.1) is 28.4 Å². The Morgan fingerprint density at radius 1 is 0.373 bits per heavy atom. The van der Waals surface area contributed by atoms with Crippen molar-refractivity contribution in [3.63, 3.8) is 0 Å². The van der Waals surface area contributed by atoms with Crippen molar-refractivity contribution in [3.8, 4) is 73.4 Å². The molecule has 0 N–H and O–H groups in total. The van der Waals surface area contributed by atoms with E-state index in [4.69, 9.17) is 9.97 Å². The molecule has 0 aliphatic heterocycles. The molecule has 51 heavy (non-hydrogen) atoms. The molecule has 3 heteroatoms. The molecule has 0 unspecified atom stereocenters. The minimum absolute atomic E-state index is 0.528. The third-order valence-electron chi connectivity index (χ3n) is 10.5. The number of hydrogen-bond donors (Lipinski definition) is 0. The monoisotopic (exact) mass is 647 g/mol. The molecular formula is C48H29N3. The predicted octanol–water partition coefficient (Wildman–Crippen LogP) is 11.4. The standard InChI is InChI=1S/C48H29N3/c49-30-31-22-24-39-40-25-23-35(28-44(40)48(43(39)26-31)41-20-9-7-18-37(41)38-19-8-10-21-42(38)48)34-16-11-17-36(27-34)46-29-45(32-12-3-1-4-13-32)50-47(51-46)33-14-5-2-6-15-33/h1-29H. The Morgan fingerprint density at radius 2 is 0.882 bits per heavy atom. The fourth-order valence-corrected chi connectivity index (χ4v) is 8.31. The van der Waals surface area contributed by atoms with Gasteiger partial charge in [0, 0.05) is 16.7 Å². The van der Waals surface area contributed by atoms with E-state index in [2.05, 4.69) is 140 Å². The van der Waals surface area contributed by atoms with Gasteiger partial charge in [-0.1, -0.05) is 146 Å². The summed E-state index contributed by atoms with van der Waals surface area (Å²) in [7, 11) is 0. The molecule has 7 aromatic carbocycles. The Morgan fingerprint density at radius 3 is 1.57 bits per heavy atom. The number of nitrogens with zero attached hydrogens (tertiary/aromatic N) is 3. The molecule has 0 amide bonds. The van der Waals surface area contributed by atoms with Crippen LogP contribution in [-0.2, 0) is 5.41 Å². The first-order chi connectivity index (χ1) is 25.2. The molecule has 8 aromatic rings. The number of benzene rings is 7. The summed E-state index contributed by atoms with van der Waals surface area (Å²) in [6.07, 6.45) is 0. The summed E-state index contributed by atoms with van der Waals surface area (Å²) >= 11 is 0. The van der Waals surface area contributed by atoms with Crippen molar-refractivity contribution in [1.82, 2.24) is 9.97 Å². The maximum absolute atomic E-state index is 10.0. The van der Waals surface area contributed by atoms with E-state index < -0.39 is 5.41 Å². The van der Waals surface area contributed by atoms with Crippen LogP contribution in [0.25, 0.3) is 67.3 Å². The predicted molar refractivity (Wildman–Crippen MR) is 205 cm³/mol. The largest absolute Gasteiger partial charge is 0.228 e. The highest BCUT2D eigenvalue weighted by Gasteiger charge is 2.51. The number of rotatable bonds is 4. The van der Waals surface area contributed by atoms with Gasteiger partial charge in [0.15, 0.2) is 5.82 Å². The molecule has 2 aliphatic rings. The Balaban J connectivity index is 1.16. The van der Waals surface area contributed by atoms with Crippen LogP contribution in [0.1, 0.15) is 27.8 Å². The van der Waals surface area contributed by atoms with E-state index in [0.717, 1.165) is 39.2 Å². The summed E-state index contributed by atoms with van der Waals surface area (Å²) in [5, 5.41) is 10.0.